The van der Waals surface area contributed by atoms with Crippen molar-refractivity contribution in [1.82, 2.24) is 41.2 Å². The van der Waals surface area contributed by atoms with Gasteiger partial charge in [0.05, 0.1) is 14.1 Å². The van der Waals surface area contributed by atoms with Crippen LogP contribution < -0.4 is 43.0 Å². The number of carbonyl (C=O) groups excluding carboxylic acids is 4. The highest BCUT2D eigenvalue weighted by atomic mass is 16.6. The molecule has 2 heterocycles. The van der Waals surface area contributed by atoms with Crippen LogP contribution in [-0.2, 0) is 9.47 Å². The normalized spacial score (nSPS) is 12.2. The second-order valence-corrected chi connectivity index (χ2v) is 12.7. The molecule has 0 aliphatic rings. The summed E-state index contributed by atoms with van der Waals surface area (Å²) in [5, 5.41) is 15.6. The minimum absolute atomic E-state index is 0.0177. The lowest BCUT2D eigenvalue weighted by atomic mass is 10.2. The molecule has 0 fully saturated rings. The van der Waals surface area contributed by atoms with Crippen molar-refractivity contribution >= 4 is 36.1 Å². The Hall–Kier alpha value is -5.20. The Bertz CT molecular complexity index is 1430. The molecule has 0 saturated heterocycles. The number of anilines is 2. The number of carbonyl (C=O) groups is 4. The molecule has 2 atom stereocenters. The first-order chi connectivity index (χ1) is 24.2. The van der Waals surface area contributed by atoms with Crippen LogP contribution in [0.1, 0.15) is 76.6 Å². The average molecular weight is 721 g/mol. The van der Waals surface area contributed by atoms with Gasteiger partial charge in [0.1, 0.15) is 38.6 Å². The number of quaternary nitrogens is 1. The highest BCUT2D eigenvalue weighted by Gasteiger charge is 2.21. The van der Waals surface area contributed by atoms with E-state index in [4.69, 9.17) is 9.47 Å². The van der Waals surface area contributed by atoms with Crippen LogP contribution in [0, 0.1) is 13.8 Å². The van der Waals surface area contributed by atoms with E-state index in [-0.39, 0.29) is 25.1 Å². The maximum Gasteiger partial charge on any atom is 0.408 e. The summed E-state index contributed by atoms with van der Waals surface area (Å²) < 4.78 is 11.1. The van der Waals surface area contributed by atoms with Crippen molar-refractivity contribution in [2.24, 2.45) is 0 Å². The Labute approximate surface area is 297 Å². The van der Waals surface area contributed by atoms with Gasteiger partial charge in [-0.15, -0.1) is 0 Å². The van der Waals surface area contributed by atoms with Gasteiger partial charge in [-0.25, -0.2) is 19.2 Å². The summed E-state index contributed by atoms with van der Waals surface area (Å²) in [7, 11) is 3.77. The fourth-order valence-corrected chi connectivity index (χ4v) is 4.69. The third kappa shape index (κ3) is 18.4. The molecule has 51 heavy (non-hydrogen) atoms. The maximum atomic E-state index is 12.6. The van der Waals surface area contributed by atoms with E-state index in [0.717, 1.165) is 38.5 Å². The van der Waals surface area contributed by atoms with Gasteiger partial charge in [0.2, 0.25) is 11.9 Å². The van der Waals surface area contributed by atoms with Gasteiger partial charge in [-0.3, -0.25) is 20.2 Å². The Morgan fingerprint density at radius 1 is 0.686 bits per heavy atom. The van der Waals surface area contributed by atoms with Crippen molar-refractivity contribution in [3.05, 3.63) is 44.2 Å². The van der Waals surface area contributed by atoms with Gasteiger partial charge < -0.3 is 45.2 Å². The smallest absolute Gasteiger partial charge is 0.408 e. The molecule has 0 spiro atoms. The van der Waals surface area contributed by atoms with Crippen LogP contribution in [0.3, 0.4) is 0 Å². The maximum absolute atomic E-state index is 12.6. The molecule has 0 aliphatic carbocycles. The van der Waals surface area contributed by atoms with Gasteiger partial charge in [0, 0.05) is 23.5 Å². The van der Waals surface area contributed by atoms with E-state index in [2.05, 4.69) is 51.8 Å². The van der Waals surface area contributed by atoms with E-state index in [1.165, 1.54) is 12.1 Å². The number of nitrogens with zero attached hydrogens (tertiary/aromatic N) is 3. The van der Waals surface area contributed by atoms with Crippen LogP contribution >= 0.6 is 0 Å². The molecule has 0 aromatic carbocycles. The molecule has 19 nitrogen and oxygen atoms in total. The molecule has 2 rings (SSSR count). The first-order valence-corrected chi connectivity index (χ1v) is 17.2. The standard InChI is InChI=1S/C32H53N11O8/c1-7-9-11-13-23(35-29(46)41-27-33-21(3)19-25(44)39-27)37-31(48)50-17-15-43(5,6)16-18-51-32(49)38-24(14-12-10-8-2)36-30(47)42-28-34-22(4)20-26(45)40-28/h19-20,23-24H,7-18H2,1-6H3,(H7-,33,34,35,36,37,38,39,40,41,42,44,45,46,47,48,49)/p+1. The lowest BCUT2D eigenvalue weighted by Crippen LogP contribution is -2.51. The predicted octanol–water partition coefficient (Wildman–Crippen LogP) is 2.75. The molecule has 19 heteroatoms. The number of unbranched alkanes of at least 4 members (excludes halogenated alkanes) is 4. The molecule has 0 saturated carbocycles. The fourth-order valence-electron chi connectivity index (χ4n) is 4.69. The van der Waals surface area contributed by atoms with E-state index in [1.807, 2.05) is 27.9 Å². The van der Waals surface area contributed by atoms with E-state index < -0.39 is 47.7 Å². The second kappa shape index (κ2) is 21.8. The topological polar surface area (TPSA) is 250 Å². The number of amides is 6. The molecule has 284 valence electrons. The van der Waals surface area contributed by atoms with Crippen LogP contribution in [0.4, 0.5) is 31.1 Å². The molecule has 2 aromatic heterocycles. The molecule has 8 N–H and O–H groups in total. The summed E-state index contributed by atoms with van der Waals surface area (Å²) >= 11 is 0. The summed E-state index contributed by atoms with van der Waals surface area (Å²) in [6.45, 7) is 8.29. The number of aromatic amines is 2. The highest BCUT2D eigenvalue weighted by Crippen LogP contribution is 2.06. The quantitative estimate of drug-likeness (QED) is 0.0564. The monoisotopic (exact) mass is 720 g/mol. The number of alkyl carbamates (subject to hydrolysis) is 2. The number of ether oxygens (including phenoxy) is 2. The zero-order chi connectivity index (χ0) is 37.8. The van der Waals surface area contributed by atoms with Crippen LogP contribution in [0.15, 0.2) is 21.7 Å². The van der Waals surface area contributed by atoms with Crippen LogP contribution in [-0.4, -0.2) is 101 Å². The van der Waals surface area contributed by atoms with E-state index in [0.29, 0.717) is 41.8 Å². The summed E-state index contributed by atoms with van der Waals surface area (Å²) in [6, 6.07) is 1.28. The van der Waals surface area contributed by atoms with E-state index in [1.54, 1.807) is 13.8 Å². The SMILES string of the molecule is CCCCCC(NC(=O)Nc1nc(=O)cc(C)[nH]1)NC(=O)OCC[N+](C)(C)CCOC(=O)NC(CCCCC)NC(=O)Nc1nc(=O)cc(C)[nH]1. The summed E-state index contributed by atoms with van der Waals surface area (Å²) in [5.74, 6) is -0.0353. The number of rotatable bonds is 20. The van der Waals surface area contributed by atoms with Gasteiger partial charge in [0.25, 0.3) is 11.1 Å². The number of likely N-dealkylation sites (N-methyl/N-ethyl adjacent to an activating group) is 1. The van der Waals surface area contributed by atoms with Crippen molar-refractivity contribution in [1.29, 1.82) is 0 Å². The van der Waals surface area contributed by atoms with E-state index >= 15 is 0 Å². The summed E-state index contributed by atoms with van der Waals surface area (Å²) in [4.78, 5) is 86.6. The highest BCUT2D eigenvalue weighted by molar-refractivity contribution is 5.88. The number of urea groups is 2. The minimum Gasteiger partial charge on any atom is -0.444 e. The van der Waals surface area contributed by atoms with Gasteiger partial charge in [-0.2, -0.15) is 9.97 Å². The molecular weight excluding hydrogens is 666 g/mol. The first kappa shape index (κ1) is 42.0. The van der Waals surface area contributed by atoms with Gasteiger partial charge in [0.15, 0.2) is 0 Å². The average Bonchev–Trinajstić information content (AvgIpc) is 2.99. The largest absolute Gasteiger partial charge is 0.444 e. The number of nitrogens with one attached hydrogen (secondary N) is 8. The van der Waals surface area contributed by atoms with Crippen LogP contribution in [0.2, 0.25) is 0 Å². The lowest BCUT2D eigenvalue weighted by Gasteiger charge is -2.29. The predicted molar refractivity (Wildman–Crippen MR) is 190 cm³/mol. The van der Waals surface area contributed by atoms with E-state index in [9.17, 15) is 28.8 Å². The zero-order valence-electron chi connectivity index (χ0n) is 30.4. The molecule has 0 radical (unpaired) electrons. The Balaban J connectivity index is 1.80. The Kier molecular flexibility index (Phi) is 17.9. The third-order valence-electron chi connectivity index (χ3n) is 7.47. The van der Waals surface area contributed by atoms with Gasteiger partial charge in [-0.05, 0) is 39.5 Å². The molecule has 2 aromatic rings. The summed E-state index contributed by atoms with van der Waals surface area (Å²) in [6.07, 6.45) is 3.19. The van der Waals surface area contributed by atoms with Crippen molar-refractivity contribution in [3.8, 4) is 0 Å². The number of hydrogen-bond acceptors (Lipinski definition) is 10. The number of H-pyrrole nitrogens is 2. The summed E-state index contributed by atoms with van der Waals surface area (Å²) in [5.41, 5.74) is 0.0534. The minimum atomic E-state index is -0.732. The number of aromatic nitrogens is 4. The molecule has 0 bridgehead atoms. The fraction of sp³-hybridized carbons (Fsp3) is 0.625. The second-order valence-electron chi connectivity index (χ2n) is 12.7. The van der Waals surface area contributed by atoms with Gasteiger partial charge >= 0.3 is 24.2 Å². The van der Waals surface area contributed by atoms with Crippen molar-refractivity contribution in [2.45, 2.75) is 91.4 Å². The molecule has 0 aliphatic heterocycles. The Morgan fingerprint density at radius 3 is 1.43 bits per heavy atom. The Morgan fingerprint density at radius 2 is 1.08 bits per heavy atom. The number of hydrogen-bond donors (Lipinski definition) is 8. The zero-order valence-corrected chi connectivity index (χ0v) is 30.4. The molecular formula is C32H54N11O8+. The van der Waals surface area contributed by atoms with Gasteiger partial charge in [-0.1, -0.05) is 39.5 Å². The molecule has 2 unspecified atom stereocenters. The van der Waals surface area contributed by atoms with Crippen molar-refractivity contribution in [3.63, 3.8) is 0 Å². The third-order valence-corrected chi connectivity index (χ3v) is 7.47. The van der Waals surface area contributed by atoms with Crippen molar-refractivity contribution < 1.29 is 33.1 Å². The van der Waals surface area contributed by atoms with Crippen LogP contribution in [0.5, 0.6) is 0 Å². The number of aryl methyl sites for hydroxylation is 2. The molecule has 6 amide bonds. The lowest BCUT2D eigenvalue weighted by molar-refractivity contribution is -0.890. The van der Waals surface area contributed by atoms with Crippen LogP contribution in [0.25, 0.3) is 0 Å². The van der Waals surface area contributed by atoms with Crippen molar-refractivity contribution in [2.75, 3.05) is 51.0 Å². The first-order valence-electron chi connectivity index (χ1n) is 17.2.